The molecule has 0 spiro atoms. The maximum absolute atomic E-state index is 12.9. The van der Waals surface area contributed by atoms with Gasteiger partial charge in [0.15, 0.2) is 0 Å². The van der Waals surface area contributed by atoms with Gasteiger partial charge < -0.3 is 16.0 Å². The smallest absolute Gasteiger partial charge is 0.247 e. The number of hydrogen-bond donors (Lipinski definition) is 3. The van der Waals surface area contributed by atoms with Crippen LogP contribution in [-0.2, 0) is 22.6 Å². The zero-order chi connectivity index (χ0) is 20.1. The van der Waals surface area contributed by atoms with Gasteiger partial charge in [-0.2, -0.15) is 0 Å². The molecule has 0 aliphatic carbocycles. The molecular formula is C23H30ClN3O2. The molecule has 0 saturated heterocycles. The van der Waals surface area contributed by atoms with Crippen molar-refractivity contribution in [3.05, 3.63) is 65.2 Å². The Morgan fingerprint density at radius 1 is 1.14 bits per heavy atom. The quantitative estimate of drug-likeness (QED) is 0.675. The molecule has 3 atom stereocenters. The van der Waals surface area contributed by atoms with E-state index in [1.165, 1.54) is 11.1 Å². The van der Waals surface area contributed by atoms with Gasteiger partial charge in [-0.25, -0.2) is 0 Å². The number of hydrogen-bond acceptors (Lipinski definition) is 3. The predicted molar refractivity (Wildman–Crippen MR) is 119 cm³/mol. The van der Waals surface area contributed by atoms with Crippen molar-refractivity contribution in [3.63, 3.8) is 0 Å². The number of carbonyl (C=O) groups is 2. The minimum Gasteiger partial charge on any atom is -0.343 e. The predicted octanol–water partition coefficient (Wildman–Crippen LogP) is 3.60. The van der Waals surface area contributed by atoms with E-state index in [1.807, 2.05) is 57.2 Å². The minimum absolute atomic E-state index is 0. The fourth-order valence-corrected chi connectivity index (χ4v) is 3.54. The first-order valence-electron chi connectivity index (χ1n) is 9.96. The number of amides is 2. The molecule has 1 unspecified atom stereocenters. The van der Waals surface area contributed by atoms with Crippen LogP contribution in [-0.4, -0.2) is 23.9 Å². The summed E-state index contributed by atoms with van der Waals surface area (Å²) in [5.74, 6) is -0.270. The number of benzene rings is 2. The molecule has 2 amide bonds. The van der Waals surface area contributed by atoms with Crippen molar-refractivity contribution < 1.29 is 9.59 Å². The van der Waals surface area contributed by atoms with Crippen LogP contribution < -0.4 is 16.0 Å². The van der Waals surface area contributed by atoms with Crippen LogP contribution in [0.25, 0.3) is 0 Å². The van der Waals surface area contributed by atoms with Crippen LogP contribution in [0.15, 0.2) is 48.5 Å². The summed E-state index contributed by atoms with van der Waals surface area (Å²) in [6.07, 6.45) is 1.43. The van der Waals surface area contributed by atoms with Crippen LogP contribution in [0.3, 0.4) is 0 Å². The molecule has 0 radical (unpaired) electrons. The summed E-state index contributed by atoms with van der Waals surface area (Å²) >= 11 is 0. The Labute approximate surface area is 179 Å². The molecular weight excluding hydrogens is 386 g/mol. The Bertz CT molecular complexity index is 856. The summed E-state index contributed by atoms with van der Waals surface area (Å²) in [6, 6.07) is 14.9. The summed E-state index contributed by atoms with van der Waals surface area (Å²) in [5.41, 5.74) is 4.23. The topological polar surface area (TPSA) is 70.2 Å². The highest BCUT2D eigenvalue weighted by Gasteiger charge is 2.30. The summed E-state index contributed by atoms with van der Waals surface area (Å²) in [5, 5.41) is 9.23. The van der Waals surface area contributed by atoms with Gasteiger partial charge in [0.1, 0.15) is 6.04 Å². The van der Waals surface area contributed by atoms with E-state index in [2.05, 4.69) is 28.1 Å². The van der Waals surface area contributed by atoms with Gasteiger partial charge in [0, 0.05) is 12.2 Å². The first-order chi connectivity index (χ1) is 13.5. The maximum Gasteiger partial charge on any atom is 0.247 e. The van der Waals surface area contributed by atoms with E-state index >= 15 is 0 Å². The van der Waals surface area contributed by atoms with Gasteiger partial charge in [-0.1, -0.05) is 56.7 Å². The van der Waals surface area contributed by atoms with E-state index in [-0.39, 0.29) is 36.2 Å². The van der Waals surface area contributed by atoms with Crippen molar-refractivity contribution in [1.29, 1.82) is 0 Å². The van der Waals surface area contributed by atoms with Gasteiger partial charge in [0.25, 0.3) is 0 Å². The number of carbonyl (C=O) groups excluding carboxylic acids is 2. The second-order valence-electron chi connectivity index (χ2n) is 7.64. The highest BCUT2D eigenvalue weighted by atomic mass is 35.5. The summed E-state index contributed by atoms with van der Waals surface area (Å²) in [4.78, 5) is 25.8. The van der Waals surface area contributed by atoms with Gasteiger partial charge in [0.05, 0.1) is 6.04 Å². The third kappa shape index (κ3) is 5.81. The molecule has 156 valence electrons. The number of nitrogens with one attached hydrogen (secondary N) is 3. The lowest BCUT2D eigenvalue weighted by molar-refractivity contribution is -0.129. The molecule has 6 heteroatoms. The molecule has 3 rings (SSSR count). The second kappa shape index (κ2) is 10.4. The molecule has 29 heavy (non-hydrogen) atoms. The van der Waals surface area contributed by atoms with Crippen LogP contribution in [0.1, 0.15) is 37.0 Å². The van der Waals surface area contributed by atoms with Gasteiger partial charge in [-0.3, -0.25) is 9.59 Å². The lowest BCUT2D eigenvalue weighted by Crippen LogP contribution is -2.55. The largest absolute Gasteiger partial charge is 0.343 e. The van der Waals surface area contributed by atoms with Gasteiger partial charge in [-0.15, -0.1) is 12.4 Å². The molecule has 0 saturated carbocycles. The highest BCUT2D eigenvalue weighted by molar-refractivity contribution is 5.98. The number of halogens is 1. The Balaban J connectivity index is 0.00000300. The van der Waals surface area contributed by atoms with Crippen molar-refractivity contribution in [2.75, 3.05) is 5.32 Å². The molecule has 2 aromatic carbocycles. The number of rotatable bonds is 6. The molecule has 1 aliphatic heterocycles. The van der Waals surface area contributed by atoms with E-state index in [4.69, 9.17) is 0 Å². The zero-order valence-corrected chi connectivity index (χ0v) is 18.0. The molecule has 2 aromatic rings. The molecule has 0 bridgehead atoms. The maximum atomic E-state index is 12.9. The highest BCUT2D eigenvalue weighted by Crippen LogP contribution is 2.18. The van der Waals surface area contributed by atoms with Crippen molar-refractivity contribution in [1.82, 2.24) is 10.6 Å². The third-order valence-electron chi connectivity index (χ3n) is 5.48. The summed E-state index contributed by atoms with van der Waals surface area (Å²) < 4.78 is 0. The average Bonchev–Trinajstić information content (AvgIpc) is 2.70. The monoisotopic (exact) mass is 415 g/mol. The van der Waals surface area contributed by atoms with Gasteiger partial charge >= 0.3 is 0 Å². The normalized spacial score (nSPS) is 17.3. The average molecular weight is 416 g/mol. The fourth-order valence-electron chi connectivity index (χ4n) is 3.54. The Morgan fingerprint density at radius 3 is 2.55 bits per heavy atom. The van der Waals surface area contributed by atoms with E-state index in [9.17, 15) is 9.59 Å². The number of fused-ring (bicyclic) bond motifs is 1. The van der Waals surface area contributed by atoms with Crippen LogP contribution >= 0.6 is 12.4 Å². The number of aryl methyl sites for hydroxylation is 1. The fraction of sp³-hybridized carbons (Fsp3) is 0.391. The molecule has 1 aliphatic rings. The summed E-state index contributed by atoms with van der Waals surface area (Å²) in [6.45, 7) is 6.66. The number of anilines is 1. The molecule has 3 N–H and O–H groups in total. The van der Waals surface area contributed by atoms with Crippen LogP contribution in [0.2, 0.25) is 0 Å². The van der Waals surface area contributed by atoms with Crippen LogP contribution in [0.4, 0.5) is 5.69 Å². The Kier molecular flexibility index (Phi) is 8.23. The van der Waals surface area contributed by atoms with Crippen molar-refractivity contribution in [2.24, 2.45) is 5.92 Å². The lowest BCUT2D eigenvalue weighted by atomic mass is 9.94. The SMILES string of the molecule is CCC(C)[C@H](NC(=O)[C@@H]1Cc2ccccc2CN1)C(=O)Nc1cccc(C)c1.Cl. The Morgan fingerprint density at radius 2 is 1.86 bits per heavy atom. The van der Waals surface area contributed by atoms with E-state index in [0.717, 1.165) is 17.7 Å². The first-order valence-corrected chi connectivity index (χ1v) is 9.96. The van der Waals surface area contributed by atoms with Crippen molar-refractivity contribution in [3.8, 4) is 0 Å². The van der Waals surface area contributed by atoms with Crippen LogP contribution in [0.5, 0.6) is 0 Å². The molecule has 0 fully saturated rings. The van der Waals surface area contributed by atoms with Crippen molar-refractivity contribution in [2.45, 2.75) is 52.2 Å². The van der Waals surface area contributed by atoms with Crippen molar-refractivity contribution >= 4 is 29.9 Å². The molecule has 1 heterocycles. The standard InChI is InChI=1S/C23H29N3O2.ClH/c1-4-16(3)21(23(28)25-19-11-7-8-15(2)12-19)26-22(27)20-13-17-9-5-6-10-18(17)14-24-20;/h5-12,16,20-21,24H,4,13-14H2,1-3H3,(H,25,28)(H,26,27);1H/t16?,20-,21-;/m0./s1. The minimum atomic E-state index is -0.572. The van der Waals surface area contributed by atoms with E-state index in [0.29, 0.717) is 13.0 Å². The van der Waals surface area contributed by atoms with E-state index < -0.39 is 6.04 Å². The lowest BCUT2D eigenvalue weighted by Gasteiger charge is -2.29. The van der Waals surface area contributed by atoms with E-state index in [1.54, 1.807) is 0 Å². The second-order valence-corrected chi connectivity index (χ2v) is 7.64. The third-order valence-corrected chi connectivity index (χ3v) is 5.48. The van der Waals surface area contributed by atoms with Gasteiger partial charge in [0.2, 0.25) is 11.8 Å². The zero-order valence-electron chi connectivity index (χ0n) is 17.2. The molecule has 0 aromatic heterocycles. The Hall–Kier alpha value is -2.37. The first kappa shape index (κ1) is 22.9. The molecule has 5 nitrogen and oxygen atoms in total. The van der Waals surface area contributed by atoms with Crippen LogP contribution in [0, 0.1) is 12.8 Å². The van der Waals surface area contributed by atoms with Gasteiger partial charge in [-0.05, 0) is 48.1 Å². The summed E-state index contributed by atoms with van der Waals surface area (Å²) in [7, 11) is 0.